The smallest absolute Gasteiger partial charge is 0.191 e. The van der Waals surface area contributed by atoms with Crippen LogP contribution in [0, 0.1) is 5.92 Å². The molecule has 2 heterocycles. The third-order valence-electron chi connectivity index (χ3n) is 4.48. The topological polar surface area (TPSA) is 61.8 Å². The third-order valence-corrected chi connectivity index (χ3v) is 4.70. The first-order chi connectivity index (χ1) is 12.1. The molecule has 0 spiro atoms. The molecule has 0 amide bonds. The average Bonchev–Trinajstić information content (AvgIpc) is 2.62. The van der Waals surface area contributed by atoms with E-state index in [1.807, 2.05) is 18.3 Å². The van der Waals surface area contributed by atoms with Crippen LogP contribution in [0.15, 0.2) is 23.3 Å². The first-order valence-electron chi connectivity index (χ1n) is 8.97. The molecule has 1 fully saturated rings. The number of guanidine groups is 1. The fraction of sp³-hybridized carbons (Fsp3) is 0.667. The zero-order valence-electron chi connectivity index (χ0n) is 15.5. The normalized spacial score (nSPS) is 17.6. The molecule has 1 aromatic rings. The number of ether oxygens (including phenoxy) is 1. The maximum absolute atomic E-state index is 5.81. The monoisotopic (exact) mass is 367 g/mol. The summed E-state index contributed by atoms with van der Waals surface area (Å²) in [4.78, 5) is 10.9. The molecule has 0 saturated carbocycles. The zero-order valence-corrected chi connectivity index (χ0v) is 16.2. The van der Waals surface area contributed by atoms with Gasteiger partial charge in [-0.15, -0.1) is 0 Å². The number of aromatic nitrogens is 1. The van der Waals surface area contributed by atoms with Crippen LogP contribution in [-0.4, -0.2) is 68.3 Å². The van der Waals surface area contributed by atoms with Crippen LogP contribution in [0.4, 0.5) is 0 Å². The van der Waals surface area contributed by atoms with Gasteiger partial charge < -0.3 is 15.4 Å². The van der Waals surface area contributed by atoms with E-state index in [4.69, 9.17) is 16.3 Å². The molecule has 1 aliphatic rings. The van der Waals surface area contributed by atoms with Crippen molar-refractivity contribution in [3.8, 4) is 0 Å². The highest BCUT2D eigenvalue weighted by Crippen LogP contribution is 2.12. The zero-order chi connectivity index (χ0) is 18.1. The van der Waals surface area contributed by atoms with Crippen LogP contribution in [0.5, 0.6) is 0 Å². The number of morpholine rings is 1. The maximum Gasteiger partial charge on any atom is 0.191 e. The van der Waals surface area contributed by atoms with Crippen molar-refractivity contribution >= 4 is 17.6 Å². The van der Waals surface area contributed by atoms with Crippen LogP contribution in [0.2, 0.25) is 5.15 Å². The summed E-state index contributed by atoms with van der Waals surface area (Å²) in [5.41, 5.74) is 1.15. The van der Waals surface area contributed by atoms with Gasteiger partial charge in [0.25, 0.3) is 0 Å². The van der Waals surface area contributed by atoms with Gasteiger partial charge in [-0.3, -0.25) is 9.89 Å². The Balaban J connectivity index is 1.76. The molecule has 7 heteroatoms. The van der Waals surface area contributed by atoms with Crippen molar-refractivity contribution in [2.24, 2.45) is 10.9 Å². The molecule has 0 aliphatic carbocycles. The van der Waals surface area contributed by atoms with Gasteiger partial charge in [0.05, 0.1) is 13.2 Å². The lowest BCUT2D eigenvalue weighted by Gasteiger charge is -2.37. The van der Waals surface area contributed by atoms with Gasteiger partial charge in [-0.25, -0.2) is 4.98 Å². The first kappa shape index (κ1) is 19.9. The number of aliphatic imine (C=N–C) groups is 1. The highest BCUT2D eigenvalue weighted by Gasteiger charge is 2.23. The number of halogens is 1. The summed E-state index contributed by atoms with van der Waals surface area (Å²) in [7, 11) is 1.80. The minimum absolute atomic E-state index is 0.475. The van der Waals surface area contributed by atoms with E-state index >= 15 is 0 Å². The first-order valence-corrected chi connectivity index (χ1v) is 9.34. The van der Waals surface area contributed by atoms with Gasteiger partial charge in [-0.2, -0.15) is 0 Å². The van der Waals surface area contributed by atoms with Crippen molar-refractivity contribution in [2.75, 3.05) is 46.4 Å². The minimum Gasteiger partial charge on any atom is -0.379 e. The van der Waals surface area contributed by atoms with Crippen LogP contribution in [0.25, 0.3) is 0 Å². The van der Waals surface area contributed by atoms with E-state index < -0.39 is 0 Å². The number of nitrogens with one attached hydrogen (secondary N) is 2. The molecule has 0 aromatic carbocycles. The molecule has 1 aromatic heterocycles. The summed E-state index contributed by atoms with van der Waals surface area (Å²) in [5, 5.41) is 7.35. The molecule has 2 N–H and O–H groups in total. The van der Waals surface area contributed by atoms with E-state index in [0.717, 1.165) is 57.3 Å². The Kier molecular flexibility index (Phi) is 8.44. The van der Waals surface area contributed by atoms with Crippen molar-refractivity contribution in [1.82, 2.24) is 20.5 Å². The van der Waals surface area contributed by atoms with Crippen molar-refractivity contribution < 1.29 is 4.74 Å². The minimum atomic E-state index is 0.475. The Hall–Kier alpha value is -1.37. The van der Waals surface area contributed by atoms with Crippen molar-refractivity contribution in [3.63, 3.8) is 0 Å². The lowest BCUT2D eigenvalue weighted by Crippen LogP contribution is -2.52. The van der Waals surface area contributed by atoms with Gasteiger partial charge in [0, 0.05) is 45.5 Å². The summed E-state index contributed by atoms with van der Waals surface area (Å²) in [6.45, 7) is 9.86. The third kappa shape index (κ3) is 6.80. The highest BCUT2D eigenvalue weighted by molar-refractivity contribution is 6.29. The van der Waals surface area contributed by atoms with Crippen LogP contribution in [0.1, 0.15) is 19.4 Å². The summed E-state index contributed by atoms with van der Waals surface area (Å²) in [5.74, 6) is 1.41. The van der Waals surface area contributed by atoms with Crippen LogP contribution in [-0.2, 0) is 11.2 Å². The standard InChI is InChI=1S/C18H30ClN5O/c1-14(2)16(24-8-10-25-11-9-24)13-23-18(20-3)21-7-6-15-4-5-17(19)22-12-15/h4-5,12,14,16H,6-11,13H2,1-3H3,(H2,20,21,23). The van der Waals surface area contributed by atoms with Crippen LogP contribution >= 0.6 is 11.6 Å². The van der Waals surface area contributed by atoms with Gasteiger partial charge >= 0.3 is 0 Å². The Morgan fingerprint density at radius 2 is 2.08 bits per heavy atom. The lowest BCUT2D eigenvalue weighted by molar-refractivity contribution is 0.00752. The number of nitrogens with zero attached hydrogens (tertiary/aromatic N) is 3. The molecule has 1 atom stereocenters. The average molecular weight is 368 g/mol. The molecule has 6 nitrogen and oxygen atoms in total. The SMILES string of the molecule is CN=C(NCCc1ccc(Cl)nc1)NCC(C(C)C)N1CCOCC1. The van der Waals surface area contributed by atoms with Crippen molar-refractivity contribution in [2.45, 2.75) is 26.3 Å². The molecule has 1 saturated heterocycles. The molecular weight excluding hydrogens is 338 g/mol. The molecule has 25 heavy (non-hydrogen) atoms. The van der Waals surface area contributed by atoms with Crippen molar-refractivity contribution in [1.29, 1.82) is 0 Å². The Labute approximate surface area is 156 Å². The summed E-state index contributed by atoms with van der Waals surface area (Å²) < 4.78 is 5.47. The van der Waals surface area contributed by atoms with Gasteiger partial charge in [0.15, 0.2) is 5.96 Å². The fourth-order valence-electron chi connectivity index (χ4n) is 3.00. The van der Waals surface area contributed by atoms with Gasteiger partial charge in [0.2, 0.25) is 0 Å². The van der Waals surface area contributed by atoms with E-state index in [1.54, 1.807) is 7.05 Å². The highest BCUT2D eigenvalue weighted by atomic mass is 35.5. The van der Waals surface area contributed by atoms with Crippen molar-refractivity contribution in [3.05, 3.63) is 29.0 Å². The Bertz CT molecular complexity index is 529. The lowest BCUT2D eigenvalue weighted by atomic mass is 10.0. The molecular formula is C18H30ClN5O. The summed E-state index contributed by atoms with van der Waals surface area (Å²) in [6, 6.07) is 4.29. The van der Waals surface area contributed by atoms with Crippen LogP contribution in [0.3, 0.4) is 0 Å². The van der Waals surface area contributed by atoms with E-state index in [2.05, 4.69) is 39.4 Å². The molecule has 2 rings (SSSR count). The molecule has 1 unspecified atom stereocenters. The second-order valence-corrected chi connectivity index (χ2v) is 6.97. The van der Waals surface area contributed by atoms with E-state index in [-0.39, 0.29) is 0 Å². The second-order valence-electron chi connectivity index (χ2n) is 6.58. The Morgan fingerprint density at radius 3 is 2.68 bits per heavy atom. The maximum atomic E-state index is 5.81. The fourth-order valence-corrected chi connectivity index (χ4v) is 3.11. The van der Waals surface area contributed by atoms with Crippen LogP contribution < -0.4 is 10.6 Å². The van der Waals surface area contributed by atoms with Gasteiger partial charge in [-0.1, -0.05) is 31.5 Å². The number of pyridine rings is 1. The number of hydrogen-bond acceptors (Lipinski definition) is 4. The second kappa shape index (κ2) is 10.6. The predicted octanol–water partition coefficient (Wildman–Crippen LogP) is 1.80. The quantitative estimate of drug-likeness (QED) is 0.437. The molecule has 1 aliphatic heterocycles. The Morgan fingerprint density at radius 1 is 1.32 bits per heavy atom. The van der Waals surface area contributed by atoms with Gasteiger partial charge in [0.1, 0.15) is 5.15 Å². The number of hydrogen-bond donors (Lipinski definition) is 2. The van der Waals surface area contributed by atoms with Gasteiger partial charge in [-0.05, 0) is 24.0 Å². The van der Waals surface area contributed by atoms with E-state index in [0.29, 0.717) is 17.1 Å². The summed E-state index contributed by atoms with van der Waals surface area (Å²) in [6.07, 6.45) is 2.69. The molecule has 140 valence electrons. The largest absolute Gasteiger partial charge is 0.379 e. The molecule has 0 bridgehead atoms. The number of rotatable bonds is 7. The predicted molar refractivity (Wildman–Crippen MR) is 103 cm³/mol. The molecule has 0 radical (unpaired) electrons. The van der Waals surface area contributed by atoms with E-state index in [1.165, 1.54) is 0 Å². The summed E-state index contributed by atoms with van der Waals surface area (Å²) >= 11 is 5.81. The van der Waals surface area contributed by atoms with E-state index in [9.17, 15) is 0 Å².